The maximum Gasteiger partial charge on any atom is 0.182 e. The van der Waals surface area contributed by atoms with Crippen LogP contribution < -0.4 is 4.90 Å². The lowest BCUT2D eigenvalue weighted by atomic mass is 10.0. The minimum absolute atomic E-state index is 0.00282. The highest BCUT2D eigenvalue weighted by molar-refractivity contribution is 6.00. The van der Waals surface area contributed by atoms with E-state index in [9.17, 15) is 9.18 Å². The highest BCUT2D eigenvalue weighted by Crippen LogP contribution is 2.18. The minimum atomic E-state index is -0.316. The van der Waals surface area contributed by atoms with Crippen molar-refractivity contribution in [3.05, 3.63) is 65.0 Å². The van der Waals surface area contributed by atoms with Gasteiger partial charge in [-0.15, -0.1) is 0 Å². The predicted octanol–water partition coefficient (Wildman–Crippen LogP) is 3.76. The summed E-state index contributed by atoms with van der Waals surface area (Å²) in [6, 6.07) is 12.3. The van der Waals surface area contributed by atoms with E-state index in [0.717, 1.165) is 11.1 Å². The van der Waals surface area contributed by atoms with E-state index in [1.54, 1.807) is 30.1 Å². The van der Waals surface area contributed by atoms with Crippen LogP contribution in [0.5, 0.6) is 0 Å². The average molecular weight is 271 g/mol. The van der Waals surface area contributed by atoms with Gasteiger partial charge in [0, 0.05) is 12.6 Å². The number of aryl methyl sites for hydroxylation is 2. The van der Waals surface area contributed by atoms with Gasteiger partial charge < -0.3 is 4.90 Å². The number of benzene rings is 2. The Labute approximate surface area is 118 Å². The van der Waals surface area contributed by atoms with Crippen LogP contribution in [0.1, 0.15) is 21.5 Å². The van der Waals surface area contributed by atoms with E-state index in [4.69, 9.17) is 0 Å². The zero-order valence-corrected chi connectivity index (χ0v) is 12.0. The van der Waals surface area contributed by atoms with Crippen LogP contribution >= 0.6 is 0 Å². The fourth-order valence-corrected chi connectivity index (χ4v) is 2.18. The molecule has 2 nitrogen and oxygen atoms in total. The number of rotatable bonds is 4. The normalized spacial score (nSPS) is 10.4. The van der Waals surface area contributed by atoms with Crippen LogP contribution in [0.3, 0.4) is 0 Å². The summed E-state index contributed by atoms with van der Waals surface area (Å²) in [6.07, 6.45) is 0. The minimum Gasteiger partial charge on any atom is -0.365 e. The van der Waals surface area contributed by atoms with Gasteiger partial charge in [-0.3, -0.25) is 4.79 Å². The number of likely N-dealkylation sites (N-methyl/N-ethyl adjacent to an activating group) is 1. The molecule has 0 aliphatic heterocycles. The largest absolute Gasteiger partial charge is 0.365 e. The van der Waals surface area contributed by atoms with E-state index < -0.39 is 0 Å². The van der Waals surface area contributed by atoms with Crippen LogP contribution in [0.15, 0.2) is 42.5 Å². The summed E-state index contributed by atoms with van der Waals surface area (Å²) < 4.78 is 13.7. The van der Waals surface area contributed by atoms with Gasteiger partial charge >= 0.3 is 0 Å². The number of hydrogen-bond donors (Lipinski definition) is 0. The fourth-order valence-electron chi connectivity index (χ4n) is 2.18. The van der Waals surface area contributed by atoms with Gasteiger partial charge in [-0.2, -0.15) is 0 Å². The molecule has 0 bridgehead atoms. The highest BCUT2D eigenvalue weighted by atomic mass is 19.1. The first kappa shape index (κ1) is 14.3. The molecule has 0 amide bonds. The molecule has 104 valence electrons. The number of carbonyl (C=O) groups is 1. The van der Waals surface area contributed by atoms with Crippen molar-refractivity contribution in [2.75, 3.05) is 18.5 Å². The van der Waals surface area contributed by atoms with Crippen molar-refractivity contribution in [2.24, 2.45) is 0 Å². The Bertz CT molecular complexity index is 637. The second-order valence-electron chi connectivity index (χ2n) is 5.05. The molecule has 0 saturated carbocycles. The number of halogens is 1. The van der Waals surface area contributed by atoms with Crippen molar-refractivity contribution in [1.29, 1.82) is 0 Å². The van der Waals surface area contributed by atoms with E-state index in [1.165, 1.54) is 6.07 Å². The Hall–Kier alpha value is -2.16. The second kappa shape index (κ2) is 5.87. The first-order valence-corrected chi connectivity index (χ1v) is 6.55. The van der Waals surface area contributed by atoms with Crippen molar-refractivity contribution in [1.82, 2.24) is 0 Å². The van der Waals surface area contributed by atoms with Crippen molar-refractivity contribution in [3.8, 4) is 0 Å². The summed E-state index contributed by atoms with van der Waals surface area (Å²) >= 11 is 0. The molecule has 0 N–H and O–H groups in total. The Morgan fingerprint density at radius 1 is 1.15 bits per heavy atom. The Morgan fingerprint density at radius 3 is 2.55 bits per heavy atom. The van der Waals surface area contributed by atoms with Crippen molar-refractivity contribution in [2.45, 2.75) is 13.8 Å². The molecule has 0 spiro atoms. The molecule has 2 rings (SSSR count). The van der Waals surface area contributed by atoms with Gasteiger partial charge in [0.15, 0.2) is 5.78 Å². The van der Waals surface area contributed by atoms with E-state index in [-0.39, 0.29) is 18.1 Å². The number of anilines is 1. The van der Waals surface area contributed by atoms with Crippen molar-refractivity contribution in [3.63, 3.8) is 0 Å². The molecule has 2 aromatic carbocycles. The summed E-state index contributed by atoms with van der Waals surface area (Å²) in [5.74, 6) is -0.319. The van der Waals surface area contributed by atoms with E-state index >= 15 is 0 Å². The van der Waals surface area contributed by atoms with Crippen LogP contribution in [0.4, 0.5) is 10.1 Å². The molecule has 0 radical (unpaired) electrons. The zero-order chi connectivity index (χ0) is 14.7. The summed E-state index contributed by atoms with van der Waals surface area (Å²) in [5.41, 5.74) is 3.13. The lowest BCUT2D eigenvalue weighted by Gasteiger charge is -2.19. The topological polar surface area (TPSA) is 20.3 Å². The number of carbonyl (C=O) groups excluding carboxylic acids is 1. The molecule has 0 heterocycles. The molecule has 0 aromatic heterocycles. The predicted molar refractivity (Wildman–Crippen MR) is 79.9 cm³/mol. The average Bonchev–Trinajstić information content (AvgIpc) is 2.41. The molecule has 0 saturated heterocycles. The summed E-state index contributed by atoms with van der Waals surface area (Å²) in [7, 11) is 1.72. The van der Waals surface area contributed by atoms with Crippen molar-refractivity contribution < 1.29 is 9.18 Å². The molecule has 3 heteroatoms. The molecular weight excluding hydrogens is 253 g/mol. The summed E-state index contributed by atoms with van der Waals surface area (Å²) in [4.78, 5) is 14.0. The third kappa shape index (κ3) is 3.05. The van der Waals surface area contributed by atoms with E-state index in [1.807, 2.05) is 32.0 Å². The number of Topliss-reactive ketones (excluding diaryl/α,β-unsaturated/α-hetero) is 1. The molecule has 0 unspecified atom stereocenters. The van der Waals surface area contributed by atoms with Crippen LogP contribution in [0.25, 0.3) is 0 Å². The van der Waals surface area contributed by atoms with Gasteiger partial charge in [-0.05, 0) is 37.6 Å². The first-order chi connectivity index (χ1) is 9.49. The quantitative estimate of drug-likeness (QED) is 0.789. The summed E-state index contributed by atoms with van der Waals surface area (Å²) in [5, 5.41) is 0. The first-order valence-electron chi connectivity index (χ1n) is 6.55. The van der Waals surface area contributed by atoms with Gasteiger partial charge in [0.25, 0.3) is 0 Å². The SMILES string of the molecule is Cc1ccc(C)c(C(=O)CN(C)c2ccccc2F)c1. The Kier molecular flexibility index (Phi) is 4.18. The summed E-state index contributed by atoms with van der Waals surface area (Å²) in [6.45, 7) is 4.03. The molecular formula is C17H18FNO. The van der Waals surface area contributed by atoms with E-state index in [0.29, 0.717) is 11.3 Å². The number of hydrogen-bond acceptors (Lipinski definition) is 2. The number of nitrogens with zero attached hydrogens (tertiary/aromatic N) is 1. The van der Waals surface area contributed by atoms with Gasteiger partial charge in [0.2, 0.25) is 0 Å². The maximum absolute atomic E-state index is 13.7. The Morgan fingerprint density at radius 2 is 1.85 bits per heavy atom. The molecule has 0 fully saturated rings. The van der Waals surface area contributed by atoms with Crippen molar-refractivity contribution >= 4 is 11.5 Å². The van der Waals surface area contributed by atoms with Gasteiger partial charge in [0.05, 0.1) is 12.2 Å². The lowest BCUT2D eigenvalue weighted by molar-refractivity contribution is 0.0999. The second-order valence-corrected chi connectivity index (χ2v) is 5.05. The molecule has 0 atom stereocenters. The Balaban J connectivity index is 2.20. The zero-order valence-electron chi connectivity index (χ0n) is 12.0. The number of ketones is 1. The van der Waals surface area contributed by atoms with Crippen LogP contribution in [-0.2, 0) is 0 Å². The van der Waals surface area contributed by atoms with Gasteiger partial charge in [0.1, 0.15) is 5.82 Å². The standard InChI is InChI=1S/C17H18FNO/c1-12-8-9-13(2)14(10-12)17(20)11-19(3)16-7-5-4-6-15(16)18/h4-10H,11H2,1-3H3. The fraction of sp³-hybridized carbons (Fsp3) is 0.235. The van der Waals surface area contributed by atoms with Crippen LogP contribution in [0.2, 0.25) is 0 Å². The molecule has 20 heavy (non-hydrogen) atoms. The highest BCUT2D eigenvalue weighted by Gasteiger charge is 2.14. The van der Waals surface area contributed by atoms with Crippen LogP contribution in [0, 0.1) is 19.7 Å². The molecule has 0 aliphatic carbocycles. The van der Waals surface area contributed by atoms with Gasteiger partial charge in [-0.25, -0.2) is 4.39 Å². The maximum atomic E-state index is 13.7. The molecule has 2 aromatic rings. The van der Waals surface area contributed by atoms with Crippen LogP contribution in [-0.4, -0.2) is 19.4 Å². The van der Waals surface area contributed by atoms with E-state index in [2.05, 4.69) is 0 Å². The monoisotopic (exact) mass is 271 g/mol. The smallest absolute Gasteiger partial charge is 0.182 e. The third-order valence-corrected chi connectivity index (χ3v) is 3.34. The lowest BCUT2D eigenvalue weighted by Crippen LogP contribution is -2.26. The number of para-hydroxylation sites is 1. The third-order valence-electron chi connectivity index (χ3n) is 3.34. The molecule has 0 aliphatic rings. The van der Waals surface area contributed by atoms with Gasteiger partial charge in [-0.1, -0.05) is 29.8 Å².